The molecule has 0 saturated carbocycles. The minimum atomic E-state index is -2.74. The van der Waals surface area contributed by atoms with Crippen LogP contribution in [0.25, 0.3) is 11.5 Å². The summed E-state index contributed by atoms with van der Waals surface area (Å²) >= 11 is 0. The number of carbonyl (C=O) groups is 1. The van der Waals surface area contributed by atoms with Crippen molar-refractivity contribution in [2.75, 3.05) is 0 Å². The van der Waals surface area contributed by atoms with Crippen molar-refractivity contribution < 1.29 is 18.8 Å². The maximum atomic E-state index is 12.4. The number of aromatic nitrogens is 3. The Morgan fingerprint density at radius 3 is 2.57 bits per heavy atom. The van der Waals surface area contributed by atoms with Crippen LogP contribution < -0.4 is 15.4 Å². The second-order valence-corrected chi connectivity index (χ2v) is 6.44. The van der Waals surface area contributed by atoms with Gasteiger partial charge < -0.3 is 10.3 Å². The molecule has 0 radical (unpaired) electrons. The van der Waals surface area contributed by atoms with Crippen LogP contribution in [0.1, 0.15) is 28.9 Å². The van der Waals surface area contributed by atoms with E-state index in [1.165, 1.54) is 18.3 Å². The van der Waals surface area contributed by atoms with Gasteiger partial charge in [0.15, 0.2) is 11.6 Å². The summed E-state index contributed by atoms with van der Waals surface area (Å²) in [4.78, 5) is 44.2. The summed E-state index contributed by atoms with van der Waals surface area (Å²) in [6, 6.07) is 11.1. The molecule has 0 spiro atoms. The molecule has 2 heterocycles. The lowest BCUT2D eigenvalue weighted by molar-refractivity contribution is 0.0938. The minimum absolute atomic E-state index is 0.122. The van der Waals surface area contributed by atoms with E-state index in [1.54, 1.807) is 43.5 Å². The first-order valence-electron chi connectivity index (χ1n) is 8.19. The van der Waals surface area contributed by atoms with Crippen LogP contribution in [0.3, 0.4) is 0 Å². The SMILES string of the molecule is CC(NC(=O)c1cnc(-c2ccccn2)[nH]c1=O)c1ccc(O[P+](=O)O)cc1. The average molecular weight is 399 g/mol. The molecule has 0 aliphatic carbocycles. The maximum absolute atomic E-state index is 12.4. The summed E-state index contributed by atoms with van der Waals surface area (Å²) in [6.07, 6.45) is 2.78. The van der Waals surface area contributed by atoms with E-state index < -0.39 is 25.8 Å². The van der Waals surface area contributed by atoms with Crippen LogP contribution in [-0.4, -0.2) is 25.8 Å². The molecule has 1 aromatic carbocycles. The van der Waals surface area contributed by atoms with Crippen molar-refractivity contribution in [1.29, 1.82) is 0 Å². The normalized spacial score (nSPS) is 12.1. The van der Waals surface area contributed by atoms with E-state index in [0.29, 0.717) is 5.69 Å². The fraction of sp³-hybridized carbons (Fsp3) is 0.111. The Balaban J connectivity index is 1.72. The summed E-state index contributed by atoms with van der Waals surface area (Å²) in [5.74, 6) is -0.0720. The highest BCUT2D eigenvalue weighted by atomic mass is 31.1. The summed E-state index contributed by atoms with van der Waals surface area (Å²) < 4.78 is 15.3. The lowest BCUT2D eigenvalue weighted by atomic mass is 10.1. The van der Waals surface area contributed by atoms with Crippen LogP contribution in [0.2, 0.25) is 0 Å². The maximum Gasteiger partial charge on any atom is 0.747 e. The summed E-state index contributed by atoms with van der Waals surface area (Å²) in [5, 5.41) is 2.71. The zero-order valence-electron chi connectivity index (χ0n) is 14.7. The van der Waals surface area contributed by atoms with Crippen LogP contribution in [0, 0.1) is 0 Å². The molecule has 3 N–H and O–H groups in total. The third-order valence-corrected chi connectivity index (χ3v) is 4.23. The molecule has 3 aromatic rings. The molecule has 10 heteroatoms. The van der Waals surface area contributed by atoms with E-state index >= 15 is 0 Å². The van der Waals surface area contributed by atoms with Crippen molar-refractivity contribution >= 4 is 14.2 Å². The molecule has 28 heavy (non-hydrogen) atoms. The number of amides is 1. The van der Waals surface area contributed by atoms with Crippen LogP contribution in [0.5, 0.6) is 5.75 Å². The van der Waals surface area contributed by atoms with Crippen molar-refractivity contribution in [3.63, 3.8) is 0 Å². The topological polar surface area (TPSA) is 134 Å². The van der Waals surface area contributed by atoms with Crippen molar-refractivity contribution in [2.24, 2.45) is 0 Å². The van der Waals surface area contributed by atoms with Crippen LogP contribution in [0.4, 0.5) is 0 Å². The highest BCUT2D eigenvalue weighted by molar-refractivity contribution is 7.32. The Kier molecular flexibility index (Phi) is 5.88. The first-order chi connectivity index (χ1) is 13.4. The molecule has 0 bridgehead atoms. The number of carbonyl (C=O) groups excluding carboxylic acids is 1. The van der Waals surface area contributed by atoms with Gasteiger partial charge in [0.05, 0.1) is 6.04 Å². The summed E-state index contributed by atoms with van der Waals surface area (Å²) in [6.45, 7) is 1.74. The number of H-pyrrole nitrogens is 1. The summed E-state index contributed by atoms with van der Waals surface area (Å²) in [7, 11) is -2.74. The smallest absolute Gasteiger partial charge is 0.345 e. The van der Waals surface area contributed by atoms with E-state index in [2.05, 4.69) is 24.8 Å². The number of rotatable bonds is 6. The number of hydrogen-bond acceptors (Lipinski definition) is 6. The number of benzene rings is 1. The van der Waals surface area contributed by atoms with Gasteiger partial charge in [-0.2, -0.15) is 0 Å². The standard InChI is InChI=1S/C18H15N4O5P/c1-11(12-5-7-13(8-6-12)27-28(25)26)21-17(23)14-10-20-16(22-18(14)24)15-4-2-3-9-19-15/h2-11H,1H3,(H2-,20,21,22,23,24,25,26)/p+1. The van der Waals surface area contributed by atoms with E-state index in [0.717, 1.165) is 5.56 Å². The molecule has 9 nitrogen and oxygen atoms in total. The third-order valence-electron chi connectivity index (χ3n) is 3.86. The van der Waals surface area contributed by atoms with Crippen molar-refractivity contribution in [2.45, 2.75) is 13.0 Å². The summed E-state index contributed by atoms with van der Waals surface area (Å²) in [5.41, 5.74) is 0.523. The van der Waals surface area contributed by atoms with Gasteiger partial charge in [0, 0.05) is 17.0 Å². The monoisotopic (exact) mass is 399 g/mol. The van der Waals surface area contributed by atoms with Gasteiger partial charge in [-0.25, -0.2) is 9.51 Å². The van der Waals surface area contributed by atoms with Gasteiger partial charge in [0.1, 0.15) is 11.3 Å². The van der Waals surface area contributed by atoms with Gasteiger partial charge in [-0.15, -0.1) is 4.89 Å². The second kappa shape index (κ2) is 8.51. The zero-order chi connectivity index (χ0) is 20.1. The Hall–Kier alpha value is -3.42. The predicted molar refractivity (Wildman–Crippen MR) is 101 cm³/mol. The van der Waals surface area contributed by atoms with E-state index in [4.69, 9.17) is 4.89 Å². The molecule has 3 rings (SSSR count). The van der Waals surface area contributed by atoms with Gasteiger partial charge in [-0.05, 0) is 36.8 Å². The Morgan fingerprint density at radius 2 is 1.96 bits per heavy atom. The van der Waals surface area contributed by atoms with Crippen LogP contribution in [-0.2, 0) is 4.57 Å². The molecule has 0 fully saturated rings. The number of hydrogen-bond donors (Lipinski definition) is 3. The van der Waals surface area contributed by atoms with Gasteiger partial charge in [0.2, 0.25) is 0 Å². The second-order valence-electron chi connectivity index (χ2n) is 5.78. The van der Waals surface area contributed by atoms with Gasteiger partial charge in [-0.3, -0.25) is 14.6 Å². The van der Waals surface area contributed by atoms with Crippen molar-refractivity contribution in [3.05, 3.63) is 76.3 Å². The predicted octanol–water partition coefficient (Wildman–Crippen LogP) is 2.35. The zero-order valence-corrected chi connectivity index (χ0v) is 15.6. The van der Waals surface area contributed by atoms with Crippen molar-refractivity contribution in [3.8, 4) is 17.3 Å². The minimum Gasteiger partial charge on any atom is -0.345 e. The first kappa shape index (κ1) is 19.3. The van der Waals surface area contributed by atoms with E-state index in [-0.39, 0.29) is 17.1 Å². The fourth-order valence-corrected chi connectivity index (χ4v) is 2.76. The lowest BCUT2D eigenvalue weighted by Crippen LogP contribution is -2.32. The fourth-order valence-electron chi connectivity index (χ4n) is 2.45. The van der Waals surface area contributed by atoms with Gasteiger partial charge >= 0.3 is 8.25 Å². The molecular formula is C18H16N4O5P+. The largest absolute Gasteiger partial charge is 0.747 e. The number of pyridine rings is 1. The van der Waals surface area contributed by atoms with Gasteiger partial charge in [0.25, 0.3) is 11.5 Å². The van der Waals surface area contributed by atoms with E-state index in [9.17, 15) is 14.2 Å². The molecule has 2 unspecified atom stereocenters. The molecule has 2 aromatic heterocycles. The molecule has 142 valence electrons. The molecule has 0 aliphatic rings. The number of nitrogens with one attached hydrogen (secondary N) is 2. The van der Waals surface area contributed by atoms with E-state index in [1.807, 2.05) is 0 Å². The molecule has 2 atom stereocenters. The van der Waals surface area contributed by atoms with Crippen LogP contribution in [0.15, 0.2) is 59.7 Å². The number of nitrogens with zero attached hydrogens (tertiary/aromatic N) is 2. The molecular weight excluding hydrogens is 383 g/mol. The first-order valence-corrected chi connectivity index (χ1v) is 9.32. The van der Waals surface area contributed by atoms with Crippen LogP contribution >= 0.6 is 8.25 Å². The number of aromatic amines is 1. The quantitative estimate of drug-likeness (QED) is 0.542. The Bertz CT molecular complexity index is 1050. The Labute approximate surface area is 160 Å². The third kappa shape index (κ3) is 4.64. The highest BCUT2D eigenvalue weighted by Gasteiger charge is 2.18. The molecule has 0 saturated heterocycles. The molecule has 0 aliphatic heterocycles. The highest BCUT2D eigenvalue weighted by Crippen LogP contribution is 2.24. The van der Waals surface area contributed by atoms with Gasteiger partial charge in [-0.1, -0.05) is 18.2 Å². The average Bonchev–Trinajstić information content (AvgIpc) is 2.68. The lowest BCUT2D eigenvalue weighted by Gasteiger charge is -2.14. The van der Waals surface area contributed by atoms with Crippen molar-refractivity contribution in [1.82, 2.24) is 20.3 Å². The Morgan fingerprint density at radius 1 is 1.21 bits per heavy atom. The molecule has 1 amide bonds.